The van der Waals surface area contributed by atoms with Crippen molar-refractivity contribution in [2.75, 3.05) is 37.8 Å². The molecular formula is C11H23NO4S. The molecule has 0 spiro atoms. The first-order chi connectivity index (χ1) is 7.98. The molecule has 0 radical (unpaired) electrons. The van der Waals surface area contributed by atoms with Gasteiger partial charge in [0.15, 0.2) is 9.84 Å². The third kappa shape index (κ3) is 4.91. The molecule has 5 nitrogen and oxygen atoms in total. The zero-order chi connectivity index (χ0) is 12.9. The normalized spacial score (nSPS) is 27.2. The predicted octanol–water partition coefficient (Wildman–Crippen LogP) is -0.107. The van der Waals surface area contributed by atoms with E-state index < -0.39 is 9.84 Å². The summed E-state index contributed by atoms with van der Waals surface area (Å²) in [6, 6.07) is 0.217. The Bertz CT molecular complexity index is 317. The highest BCUT2D eigenvalue weighted by Gasteiger charge is 2.26. The number of hydrogen-bond donors (Lipinski definition) is 1. The number of morpholine rings is 1. The van der Waals surface area contributed by atoms with E-state index in [1.807, 2.05) is 13.8 Å². The Morgan fingerprint density at radius 1 is 1.41 bits per heavy atom. The van der Waals surface area contributed by atoms with Gasteiger partial charge in [0.1, 0.15) is 0 Å². The minimum absolute atomic E-state index is 0.00900. The smallest absolute Gasteiger partial charge is 0.151 e. The molecule has 1 aliphatic rings. The zero-order valence-corrected chi connectivity index (χ0v) is 11.4. The second-order valence-electron chi connectivity index (χ2n) is 4.63. The van der Waals surface area contributed by atoms with Crippen LogP contribution in [0.15, 0.2) is 0 Å². The van der Waals surface area contributed by atoms with Gasteiger partial charge in [-0.1, -0.05) is 6.92 Å². The fraction of sp³-hybridized carbons (Fsp3) is 1.00. The Balaban J connectivity index is 2.44. The van der Waals surface area contributed by atoms with Gasteiger partial charge >= 0.3 is 0 Å². The average Bonchev–Trinajstić information content (AvgIpc) is 2.28. The average molecular weight is 265 g/mol. The number of aliphatic hydroxyl groups is 1. The van der Waals surface area contributed by atoms with Crippen LogP contribution in [0.1, 0.15) is 20.3 Å². The van der Waals surface area contributed by atoms with E-state index in [-0.39, 0.29) is 30.3 Å². The maximum atomic E-state index is 11.6. The van der Waals surface area contributed by atoms with E-state index in [2.05, 4.69) is 4.90 Å². The summed E-state index contributed by atoms with van der Waals surface area (Å²) in [7, 11) is -2.92. The minimum atomic E-state index is -2.92. The van der Waals surface area contributed by atoms with Crippen molar-refractivity contribution in [3.05, 3.63) is 0 Å². The molecule has 0 saturated carbocycles. The van der Waals surface area contributed by atoms with Gasteiger partial charge in [-0.3, -0.25) is 4.90 Å². The van der Waals surface area contributed by atoms with Crippen LogP contribution in [-0.2, 0) is 14.6 Å². The molecular weight excluding hydrogens is 242 g/mol. The molecule has 6 heteroatoms. The lowest BCUT2D eigenvalue weighted by Gasteiger charge is -2.37. The molecule has 1 rings (SSSR count). The Kier molecular flexibility index (Phi) is 5.85. The van der Waals surface area contributed by atoms with E-state index in [0.717, 1.165) is 0 Å². The molecule has 1 aliphatic heterocycles. The van der Waals surface area contributed by atoms with E-state index in [9.17, 15) is 8.42 Å². The fourth-order valence-corrected chi connectivity index (χ4v) is 3.31. The van der Waals surface area contributed by atoms with Gasteiger partial charge in [0.25, 0.3) is 0 Å². The van der Waals surface area contributed by atoms with Crippen LogP contribution in [0.2, 0.25) is 0 Å². The quantitative estimate of drug-likeness (QED) is 0.726. The molecule has 0 bridgehead atoms. The summed E-state index contributed by atoms with van der Waals surface area (Å²) < 4.78 is 28.7. The van der Waals surface area contributed by atoms with Crippen LogP contribution in [0.25, 0.3) is 0 Å². The minimum Gasteiger partial charge on any atom is -0.394 e. The van der Waals surface area contributed by atoms with Crippen LogP contribution >= 0.6 is 0 Å². The molecule has 0 aromatic carbocycles. The molecule has 1 heterocycles. The van der Waals surface area contributed by atoms with Crippen molar-refractivity contribution >= 4 is 9.84 Å². The van der Waals surface area contributed by atoms with E-state index >= 15 is 0 Å². The summed E-state index contributed by atoms with van der Waals surface area (Å²) in [6.45, 7) is 5.57. The van der Waals surface area contributed by atoms with Gasteiger partial charge in [-0.05, 0) is 13.3 Å². The number of aliphatic hydroxyl groups excluding tert-OH is 1. The third-order valence-corrected chi connectivity index (χ3v) is 4.88. The molecule has 0 amide bonds. The van der Waals surface area contributed by atoms with Gasteiger partial charge in [0.2, 0.25) is 0 Å². The molecule has 0 aromatic rings. The van der Waals surface area contributed by atoms with Gasteiger partial charge in [0.05, 0.1) is 25.1 Å². The van der Waals surface area contributed by atoms with Gasteiger partial charge in [0, 0.05) is 24.9 Å². The summed E-state index contributed by atoms with van der Waals surface area (Å²) in [5, 5.41) is 9.04. The van der Waals surface area contributed by atoms with Crippen LogP contribution in [0.5, 0.6) is 0 Å². The highest BCUT2D eigenvalue weighted by atomic mass is 32.2. The van der Waals surface area contributed by atoms with Gasteiger partial charge in [-0.2, -0.15) is 0 Å². The highest BCUT2D eigenvalue weighted by Crippen LogP contribution is 2.11. The van der Waals surface area contributed by atoms with Crippen LogP contribution in [0.4, 0.5) is 0 Å². The first-order valence-electron chi connectivity index (χ1n) is 6.15. The molecule has 1 N–H and O–H groups in total. The molecule has 102 valence electrons. The monoisotopic (exact) mass is 265 g/mol. The van der Waals surface area contributed by atoms with Gasteiger partial charge < -0.3 is 9.84 Å². The van der Waals surface area contributed by atoms with E-state index in [0.29, 0.717) is 26.1 Å². The number of hydrogen-bond acceptors (Lipinski definition) is 5. The highest BCUT2D eigenvalue weighted by molar-refractivity contribution is 7.91. The topological polar surface area (TPSA) is 66.8 Å². The maximum absolute atomic E-state index is 11.6. The lowest BCUT2D eigenvalue weighted by molar-refractivity contribution is -0.0758. The Hall–Kier alpha value is -0.170. The van der Waals surface area contributed by atoms with Gasteiger partial charge in [-0.25, -0.2) is 8.42 Å². The lowest BCUT2D eigenvalue weighted by atomic mass is 10.2. The molecule has 0 aliphatic carbocycles. The molecule has 17 heavy (non-hydrogen) atoms. The number of rotatable bonds is 6. The fourth-order valence-electron chi connectivity index (χ4n) is 1.97. The number of nitrogens with zero attached hydrogens (tertiary/aromatic N) is 1. The number of ether oxygens (including phenoxy) is 1. The van der Waals surface area contributed by atoms with Crippen LogP contribution in [0.3, 0.4) is 0 Å². The molecule has 2 atom stereocenters. The van der Waals surface area contributed by atoms with E-state index in [4.69, 9.17) is 9.84 Å². The Labute approximate surface area is 104 Å². The standard InChI is InChI=1S/C11H23NO4S/c1-3-5-17(14,15)6-4-12-7-11(8-13)16-9-10(12)2/h10-11,13H,3-9H2,1-2H3. The first-order valence-corrected chi connectivity index (χ1v) is 7.97. The zero-order valence-electron chi connectivity index (χ0n) is 10.6. The second kappa shape index (κ2) is 6.68. The third-order valence-electron chi connectivity index (χ3n) is 3.04. The number of sulfone groups is 1. The summed E-state index contributed by atoms with van der Waals surface area (Å²) >= 11 is 0. The van der Waals surface area contributed by atoms with Crippen molar-refractivity contribution in [1.82, 2.24) is 4.90 Å². The molecule has 0 aromatic heterocycles. The van der Waals surface area contributed by atoms with Crippen molar-refractivity contribution in [2.24, 2.45) is 0 Å². The summed E-state index contributed by atoms with van der Waals surface area (Å²) in [5.41, 5.74) is 0. The summed E-state index contributed by atoms with van der Waals surface area (Å²) in [4.78, 5) is 2.08. The van der Waals surface area contributed by atoms with Crippen LogP contribution in [-0.4, -0.2) is 68.4 Å². The SMILES string of the molecule is CCCS(=O)(=O)CCN1CC(CO)OCC1C. The Morgan fingerprint density at radius 2 is 2.12 bits per heavy atom. The summed E-state index contributed by atoms with van der Waals surface area (Å²) in [6.07, 6.45) is 0.486. The van der Waals surface area contributed by atoms with Crippen molar-refractivity contribution in [1.29, 1.82) is 0 Å². The van der Waals surface area contributed by atoms with E-state index in [1.54, 1.807) is 0 Å². The van der Waals surface area contributed by atoms with Crippen LogP contribution < -0.4 is 0 Å². The van der Waals surface area contributed by atoms with Crippen LogP contribution in [0, 0.1) is 0 Å². The predicted molar refractivity (Wildman–Crippen MR) is 66.8 cm³/mol. The molecule has 2 unspecified atom stereocenters. The Morgan fingerprint density at radius 3 is 2.71 bits per heavy atom. The molecule has 1 saturated heterocycles. The van der Waals surface area contributed by atoms with Crippen molar-refractivity contribution in [3.8, 4) is 0 Å². The maximum Gasteiger partial charge on any atom is 0.151 e. The molecule has 1 fully saturated rings. The van der Waals surface area contributed by atoms with Crippen molar-refractivity contribution < 1.29 is 18.3 Å². The largest absolute Gasteiger partial charge is 0.394 e. The van der Waals surface area contributed by atoms with Crippen molar-refractivity contribution in [2.45, 2.75) is 32.4 Å². The van der Waals surface area contributed by atoms with Gasteiger partial charge in [-0.15, -0.1) is 0 Å². The van der Waals surface area contributed by atoms with Crippen molar-refractivity contribution in [3.63, 3.8) is 0 Å². The first kappa shape index (κ1) is 14.9. The van der Waals surface area contributed by atoms with E-state index in [1.165, 1.54) is 0 Å². The lowest BCUT2D eigenvalue weighted by Crippen LogP contribution is -2.50. The second-order valence-corrected chi connectivity index (χ2v) is 6.94. The summed E-state index contributed by atoms with van der Waals surface area (Å²) in [5.74, 6) is 0.457.